The highest BCUT2D eigenvalue weighted by molar-refractivity contribution is 7.98. The molecule has 1 atom stereocenters. The van der Waals surface area contributed by atoms with Crippen molar-refractivity contribution in [2.75, 3.05) is 14.1 Å². The zero-order valence-electron chi connectivity index (χ0n) is 18.2. The molecule has 2 heterocycles. The van der Waals surface area contributed by atoms with Gasteiger partial charge in [-0.25, -0.2) is 4.68 Å². The van der Waals surface area contributed by atoms with Gasteiger partial charge in [-0.05, 0) is 49.8 Å². The Morgan fingerprint density at radius 3 is 2.35 bits per heavy atom. The highest BCUT2D eigenvalue weighted by Crippen LogP contribution is 2.28. The average molecular weight is 433 g/mol. The van der Waals surface area contributed by atoms with E-state index in [1.54, 1.807) is 18.0 Å². The van der Waals surface area contributed by atoms with Crippen LogP contribution in [0, 0.1) is 0 Å². The van der Waals surface area contributed by atoms with Gasteiger partial charge in [-0.3, -0.25) is 4.90 Å². The number of thioether (sulfide) groups is 1. The highest BCUT2D eigenvalue weighted by atomic mass is 32.2. The summed E-state index contributed by atoms with van der Waals surface area (Å²) in [6.07, 6.45) is 4.73. The third-order valence-electron chi connectivity index (χ3n) is 5.31. The Balaban J connectivity index is 1.55. The van der Waals surface area contributed by atoms with E-state index in [0.717, 1.165) is 35.4 Å². The van der Waals surface area contributed by atoms with E-state index in [1.807, 2.05) is 23.0 Å². The first-order valence-corrected chi connectivity index (χ1v) is 11.5. The van der Waals surface area contributed by atoms with Gasteiger partial charge in [-0.15, -0.1) is 10.2 Å². The van der Waals surface area contributed by atoms with Gasteiger partial charge in [0, 0.05) is 18.1 Å². The van der Waals surface area contributed by atoms with Crippen molar-refractivity contribution >= 4 is 11.8 Å². The molecule has 0 amide bonds. The maximum atomic E-state index is 4.60. The summed E-state index contributed by atoms with van der Waals surface area (Å²) >= 11 is 1.73. The molecule has 0 aliphatic carbocycles. The lowest BCUT2D eigenvalue weighted by molar-refractivity contribution is 0.272. The molecule has 0 N–H and O–H groups in total. The molecule has 160 valence electrons. The van der Waals surface area contributed by atoms with Gasteiger partial charge in [-0.2, -0.15) is 5.10 Å². The van der Waals surface area contributed by atoms with Gasteiger partial charge in [0.25, 0.3) is 0 Å². The van der Waals surface area contributed by atoms with Crippen LogP contribution in [0.4, 0.5) is 0 Å². The molecule has 0 fully saturated rings. The van der Waals surface area contributed by atoms with Crippen molar-refractivity contribution in [2.45, 2.75) is 36.8 Å². The largest absolute Gasteiger partial charge is 0.300 e. The minimum atomic E-state index is 0.235. The van der Waals surface area contributed by atoms with Crippen LogP contribution in [-0.2, 0) is 12.3 Å². The van der Waals surface area contributed by atoms with Crippen molar-refractivity contribution < 1.29 is 0 Å². The number of nitrogens with zero attached hydrogens (tertiary/aromatic N) is 6. The van der Waals surface area contributed by atoms with Crippen LogP contribution in [-0.4, -0.2) is 43.5 Å². The number of aromatic nitrogens is 5. The molecule has 0 aliphatic heterocycles. The van der Waals surface area contributed by atoms with E-state index in [-0.39, 0.29) is 6.04 Å². The third-order valence-corrected chi connectivity index (χ3v) is 6.35. The molecule has 0 bridgehead atoms. The molecule has 4 aromatic rings. The molecule has 0 saturated carbocycles. The van der Waals surface area contributed by atoms with Crippen LogP contribution in [0.2, 0.25) is 0 Å². The lowest BCUT2D eigenvalue weighted by Gasteiger charge is -2.23. The number of rotatable bonds is 9. The molecule has 6 nitrogen and oxygen atoms in total. The van der Waals surface area contributed by atoms with Gasteiger partial charge in [0.1, 0.15) is 0 Å². The first-order chi connectivity index (χ1) is 15.2. The van der Waals surface area contributed by atoms with Crippen LogP contribution in [0.5, 0.6) is 0 Å². The molecular formula is C24H28N6S. The summed E-state index contributed by atoms with van der Waals surface area (Å²) in [5.41, 5.74) is 3.56. The van der Waals surface area contributed by atoms with Gasteiger partial charge in [0.05, 0.1) is 18.3 Å². The zero-order valence-corrected chi connectivity index (χ0v) is 19.0. The third kappa shape index (κ3) is 5.06. The maximum Gasteiger partial charge on any atom is 0.191 e. The fraction of sp³-hybridized carbons (Fsp3) is 0.292. The van der Waals surface area contributed by atoms with Crippen molar-refractivity contribution in [3.8, 4) is 5.69 Å². The van der Waals surface area contributed by atoms with Crippen molar-refractivity contribution in [3.63, 3.8) is 0 Å². The van der Waals surface area contributed by atoms with Gasteiger partial charge in [-0.1, -0.05) is 61.2 Å². The summed E-state index contributed by atoms with van der Waals surface area (Å²) in [5, 5.41) is 14.4. The Hall–Kier alpha value is -2.90. The quantitative estimate of drug-likeness (QED) is 0.355. The molecule has 0 radical (unpaired) electrons. The van der Waals surface area contributed by atoms with Crippen molar-refractivity contribution in [2.24, 2.45) is 0 Å². The first-order valence-electron chi connectivity index (χ1n) is 10.5. The van der Waals surface area contributed by atoms with Crippen LogP contribution >= 0.6 is 11.8 Å². The van der Waals surface area contributed by atoms with Crippen LogP contribution in [0.25, 0.3) is 5.69 Å². The van der Waals surface area contributed by atoms with E-state index >= 15 is 0 Å². The summed E-state index contributed by atoms with van der Waals surface area (Å²) in [5.74, 6) is 1.86. The van der Waals surface area contributed by atoms with Gasteiger partial charge < -0.3 is 4.57 Å². The van der Waals surface area contributed by atoms with E-state index in [2.05, 4.69) is 94.3 Å². The van der Waals surface area contributed by atoms with E-state index in [1.165, 1.54) is 11.1 Å². The summed E-state index contributed by atoms with van der Waals surface area (Å²) in [7, 11) is 4.20. The second kappa shape index (κ2) is 9.94. The zero-order chi connectivity index (χ0) is 21.6. The molecular weight excluding hydrogens is 404 g/mol. The van der Waals surface area contributed by atoms with E-state index < -0.39 is 0 Å². The molecule has 0 spiro atoms. The SMILES string of the molecule is CC[C@H](c1nnc(SCc2ccc(-n3cccn3)cc2)n1Cc1ccccc1)N(C)C. The van der Waals surface area contributed by atoms with Crippen LogP contribution in [0.15, 0.2) is 78.2 Å². The van der Waals surface area contributed by atoms with Crippen LogP contribution in [0.1, 0.15) is 36.3 Å². The molecule has 0 unspecified atom stereocenters. The van der Waals surface area contributed by atoms with Crippen LogP contribution in [0.3, 0.4) is 0 Å². The molecule has 31 heavy (non-hydrogen) atoms. The van der Waals surface area contributed by atoms with E-state index in [4.69, 9.17) is 0 Å². The van der Waals surface area contributed by atoms with E-state index in [0.29, 0.717) is 0 Å². The lowest BCUT2D eigenvalue weighted by Crippen LogP contribution is -2.23. The Morgan fingerprint density at radius 1 is 0.935 bits per heavy atom. The standard InChI is InChI=1S/C24H28N6S/c1-4-22(28(2)3)23-26-27-24(29(23)17-19-9-6-5-7-10-19)31-18-20-11-13-21(14-12-20)30-16-8-15-25-30/h5-16,22H,4,17-18H2,1-3H3/t22-/m1/s1. The Kier molecular flexibility index (Phi) is 6.84. The smallest absolute Gasteiger partial charge is 0.191 e. The number of hydrogen-bond donors (Lipinski definition) is 0. The van der Waals surface area contributed by atoms with Crippen molar-refractivity contribution in [1.82, 2.24) is 29.4 Å². The van der Waals surface area contributed by atoms with Gasteiger partial charge in [0.15, 0.2) is 11.0 Å². The van der Waals surface area contributed by atoms with Crippen molar-refractivity contribution in [1.29, 1.82) is 0 Å². The minimum absolute atomic E-state index is 0.235. The van der Waals surface area contributed by atoms with Crippen molar-refractivity contribution in [3.05, 3.63) is 90.0 Å². The fourth-order valence-electron chi connectivity index (χ4n) is 3.66. The molecule has 7 heteroatoms. The molecule has 0 aliphatic rings. The summed E-state index contributed by atoms with van der Waals surface area (Å²) < 4.78 is 4.14. The van der Waals surface area contributed by atoms with Gasteiger partial charge in [0.2, 0.25) is 0 Å². The maximum absolute atomic E-state index is 4.60. The van der Waals surface area contributed by atoms with Crippen LogP contribution < -0.4 is 0 Å². The first kappa shape index (κ1) is 21.3. The average Bonchev–Trinajstić information content (AvgIpc) is 3.45. The van der Waals surface area contributed by atoms with E-state index in [9.17, 15) is 0 Å². The molecule has 2 aromatic carbocycles. The Morgan fingerprint density at radius 2 is 1.71 bits per heavy atom. The predicted molar refractivity (Wildman–Crippen MR) is 125 cm³/mol. The normalized spacial score (nSPS) is 12.4. The summed E-state index contributed by atoms with van der Waals surface area (Å²) in [6, 6.07) is 21.2. The fourth-order valence-corrected chi connectivity index (χ4v) is 4.56. The number of hydrogen-bond acceptors (Lipinski definition) is 5. The molecule has 2 aromatic heterocycles. The lowest BCUT2D eigenvalue weighted by atomic mass is 10.2. The second-order valence-corrected chi connectivity index (χ2v) is 8.65. The summed E-state index contributed by atoms with van der Waals surface area (Å²) in [4.78, 5) is 2.22. The molecule has 4 rings (SSSR count). The minimum Gasteiger partial charge on any atom is -0.300 e. The molecule has 0 saturated heterocycles. The Labute approximate surface area is 187 Å². The van der Waals surface area contributed by atoms with Gasteiger partial charge >= 0.3 is 0 Å². The topological polar surface area (TPSA) is 51.8 Å². The summed E-state index contributed by atoms with van der Waals surface area (Å²) in [6.45, 7) is 2.97. The highest BCUT2D eigenvalue weighted by Gasteiger charge is 2.22. The predicted octanol–water partition coefficient (Wildman–Crippen LogP) is 4.82. The Bertz CT molecular complexity index is 1070. The number of benzene rings is 2. The monoisotopic (exact) mass is 432 g/mol. The second-order valence-electron chi connectivity index (χ2n) is 7.71.